The maximum atomic E-state index is 12.0. The van der Waals surface area contributed by atoms with Crippen molar-refractivity contribution in [3.05, 3.63) is 36.1 Å². The van der Waals surface area contributed by atoms with Gasteiger partial charge < -0.3 is 14.9 Å². The smallest absolute Gasteiger partial charge is 0.240 e. The minimum atomic E-state index is -0.705. The highest BCUT2D eigenvalue weighted by Gasteiger charge is 2.46. The summed E-state index contributed by atoms with van der Waals surface area (Å²) in [6.07, 6.45) is 3.37. The Kier molecular flexibility index (Phi) is 3.69. The Hall–Kier alpha value is -1.85. The number of ether oxygens (including phenoxy) is 1. The summed E-state index contributed by atoms with van der Waals surface area (Å²) in [4.78, 5) is 14.1. The number of fused-ring (bicyclic) bond motifs is 1. The maximum absolute atomic E-state index is 12.0. The zero-order valence-electron chi connectivity index (χ0n) is 12.2. The van der Waals surface area contributed by atoms with Gasteiger partial charge in [-0.25, -0.2) is 0 Å². The third kappa shape index (κ3) is 2.32. The van der Waals surface area contributed by atoms with Crippen LogP contribution in [0.5, 0.6) is 0 Å². The van der Waals surface area contributed by atoms with Crippen LogP contribution in [0.4, 0.5) is 0 Å². The van der Waals surface area contributed by atoms with Crippen LogP contribution >= 0.6 is 0 Å². The number of carbonyl (C=O) groups is 1. The summed E-state index contributed by atoms with van der Waals surface area (Å²) in [5.41, 5.74) is 6.91. The Balaban J connectivity index is 1.92. The van der Waals surface area contributed by atoms with E-state index >= 15 is 0 Å². The van der Waals surface area contributed by atoms with Crippen molar-refractivity contribution in [2.24, 2.45) is 5.73 Å². The van der Waals surface area contributed by atoms with Gasteiger partial charge in [0.05, 0.1) is 12.9 Å². The van der Waals surface area contributed by atoms with Crippen molar-refractivity contribution >= 4 is 16.9 Å². The normalized spacial score (nSPS) is 22.9. The fourth-order valence-electron chi connectivity index (χ4n) is 3.30. The molecule has 1 fully saturated rings. The van der Waals surface area contributed by atoms with E-state index in [2.05, 4.69) is 4.90 Å². The number of nitrogens with two attached hydrogens (primary N) is 1. The minimum absolute atomic E-state index is 0.312. The fraction of sp³-hybridized carbons (Fsp3) is 0.438. The average molecular weight is 288 g/mol. The summed E-state index contributed by atoms with van der Waals surface area (Å²) in [6.45, 7) is 1.80. The summed E-state index contributed by atoms with van der Waals surface area (Å²) in [5.74, 6) is -0.312. The molecule has 2 N–H and O–H groups in total. The molecule has 5 heteroatoms. The minimum Gasteiger partial charge on any atom is -0.464 e. The van der Waals surface area contributed by atoms with E-state index in [9.17, 15) is 4.79 Å². The molecule has 21 heavy (non-hydrogen) atoms. The van der Waals surface area contributed by atoms with Crippen LogP contribution in [0.15, 0.2) is 34.9 Å². The van der Waals surface area contributed by atoms with Crippen molar-refractivity contribution in [3.8, 4) is 0 Å². The molecular weight excluding hydrogens is 268 g/mol. The average Bonchev–Trinajstić information content (AvgIpc) is 3.08. The number of amides is 1. The van der Waals surface area contributed by atoms with E-state index in [0.717, 1.165) is 35.9 Å². The molecule has 0 radical (unpaired) electrons. The van der Waals surface area contributed by atoms with Crippen LogP contribution in [0.1, 0.15) is 18.4 Å². The third-order valence-electron chi connectivity index (χ3n) is 4.39. The zero-order valence-corrected chi connectivity index (χ0v) is 12.2. The van der Waals surface area contributed by atoms with Gasteiger partial charge in [-0.1, -0.05) is 18.2 Å². The standard InChI is InChI=1S/C16H20N2O3/c1-20-11-16(15(17)19)7-3-8-18(16)10-13-5-2-4-12-6-9-21-14(12)13/h2,4-6,9H,3,7-8,10-11H2,1H3,(H2,17,19). The van der Waals surface area contributed by atoms with Crippen LogP contribution in [-0.4, -0.2) is 36.6 Å². The first-order valence-corrected chi connectivity index (χ1v) is 7.16. The number of benzene rings is 1. The number of hydrogen-bond donors (Lipinski definition) is 1. The van der Waals surface area contributed by atoms with Gasteiger partial charge in [-0.15, -0.1) is 0 Å². The molecule has 112 valence electrons. The summed E-state index contributed by atoms with van der Waals surface area (Å²) in [6, 6.07) is 8.00. The molecule has 1 aromatic heterocycles. The lowest BCUT2D eigenvalue weighted by molar-refractivity contribution is -0.132. The lowest BCUT2D eigenvalue weighted by Crippen LogP contribution is -2.56. The Morgan fingerprint density at radius 3 is 3.10 bits per heavy atom. The number of para-hydroxylation sites is 1. The van der Waals surface area contributed by atoms with Gasteiger partial charge in [0.25, 0.3) is 0 Å². The molecule has 3 rings (SSSR count). The predicted molar refractivity (Wildman–Crippen MR) is 79.7 cm³/mol. The topological polar surface area (TPSA) is 68.7 Å². The van der Waals surface area contributed by atoms with Crippen LogP contribution in [-0.2, 0) is 16.1 Å². The monoisotopic (exact) mass is 288 g/mol. The number of primary amides is 1. The lowest BCUT2D eigenvalue weighted by Gasteiger charge is -2.35. The first-order chi connectivity index (χ1) is 10.2. The summed E-state index contributed by atoms with van der Waals surface area (Å²) >= 11 is 0. The fourth-order valence-corrected chi connectivity index (χ4v) is 3.30. The van der Waals surface area contributed by atoms with Gasteiger partial charge in [0.2, 0.25) is 5.91 Å². The quantitative estimate of drug-likeness (QED) is 0.912. The first-order valence-electron chi connectivity index (χ1n) is 7.16. The van der Waals surface area contributed by atoms with Crippen molar-refractivity contribution in [1.29, 1.82) is 0 Å². The molecule has 1 aromatic carbocycles. The summed E-state index contributed by atoms with van der Waals surface area (Å²) in [5, 5.41) is 1.07. The Morgan fingerprint density at radius 1 is 1.48 bits per heavy atom. The van der Waals surface area contributed by atoms with Crippen molar-refractivity contribution < 1.29 is 13.9 Å². The molecule has 1 amide bonds. The van der Waals surface area contributed by atoms with Gasteiger partial charge in [-0.2, -0.15) is 0 Å². The maximum Gasteiger partial charge on any atom is 0.240 e. The van der Waals surface area contributed by atoms with Gasteiger partial charge in [0, 0.05) is 24.6 Å². The number of hydrogen-bond acceptors (Lipinski definition) is 4. The Bertz CT molecular complexity index is 652. The second-order valence-electron chi connectivity index (χ2n) is 5.61. The number of carbonyl (C=O) groups excluding carboxylic acids is 1. The number of furan rings is 1. The summed E-state index contributed by atoms with van der Waals surface area (Å²) in [7, 11) is 1.61. The van der Waals surface area contributed by atoms with Crippen LogP contribution in [0.25, 0.3) is 11.0 Å². The Labute approximate surface area is 123 Å². The van der Waals surface area contributed by atoms with Gasteiger partial charge in [-0.3, -0.25) is 9.69 Å². The molecule has 0 bridgehead atoms. The van der Waals surface area contributed by atoms with Crippen LogP contribution < -0.4 is 5.73 Å². The second-order valence-corrected chi connectivity index (χ2v) is 5.61. The lowest BCUT2D eigenvalue weighted by atomic mass is 9.95. The molecule has 1 saturated heterocycles. The zero-order chi connectivity index (χ0) is 14.9. The molecule has 1 aliphatic rings. The molecule has 0 saturated carbocycles. The van der Waals surface area contributed by atoms with Crippen LogP contribution in [0, 0.1) is 0 Å². The van der Waals surface area contributed by atoms with Gasteiger partial charge in [0.1, 0.15) is 11.1 Å². The van der Waals surface area contributed by atoms with Crippen molar-refractivity contribution in [2.75, 3.05) is 20.3 Å². The van der Waals surface area contributed by atoms with Gasteiger partial charge >= 0.3 is 0 Å². The first kappa shape index (κ1) is 14.1. The van der Waals surface area contributed by atoms with Gasteiger partial charge in [0.15, 0.2) is 0 Å². The number of rotatable bonds is 5. The van der Waals surface area contributed by atoms with E-state index < -0.39 is 5.54 Å². The van der Waals surface area contributed by atoms with Crippen molar-refractivity contribution in [3.63, 3.8) is 0 Å². The van der Waals surface area contributed by atoms with Gasteiger partial charge in [-0.05, 0) is 25.5 Å². The molecule has 1 aliphatic heterocycles. The number of methoxy groups -OCH3 is 1. The highest BCUT2D eigenvalue weighted by molar-refractivity contribution is 5.85. The number of likely N-dealkylation sites (tertiary alicyclic amines) is 1. The SMILES string of the molecule is COCC1(C(N)=O)CCCN1Cc1cccc2ccoc12. The highest BCUT2D eigenvalue weighted by atomic mass is 16.5. The third-order valence-corrected chi connectivity index (χ3v) is 4.39. The second kappa shape index (κ2) is 5.50. The largest absolute Gasteiger partial charge is 0.464 e. The van der Waals surface area contributed by atoms with Crippen LogP contribution in [0.3, 0.4) is 0 Å². The van der Waals surface area contributed by atoms with E-state index in [1.807, 2.05) is 24.3 Å². The van der Waals surface area contributed by atoms with Crippen LogP contribution in [0.2, 0.25) is 0 Å². The predicted octanol–water partition coefficient (Wildman–Crippen LogP) is 1.90. The van der Waals surface area contributed by atoms with E-state index in [1.54, 1.807) is 13.4 Å². The highest BCUT2D eigenvalue weighted by Crippen LogP contribution is 2.32. The van der Waals surface area contributed by atoms with E-state index in [4.69, 9.17) is 14.9 Å². The van der Waals surface area contributed by atoms with Crippen molar-refractivity contribution in [1.82, 2.24) is 4.90 Å². The van der Waals surface area contributed by atoms with E-state index in [1.165, 1.54) is 0 Å². The molecule has 2 heterocycles. The Morgan fingerprint density at radius 2 is 2.33 bits per heavy atom. The molecule has 0 aliphatic carbocycles. The molecule has 0 spiro atoms. The van der Waals surface area contributed by atoms with E-state index in [-0.39, 0.29) is 5.91 Å². The molecule has 5 nitrogen and oxygen atoms in total. The number of nitrogens with zero attached hydrogens (tertiary/aromatic N) is 1. The molecule has 2 aromatic rings. The summed E-state index contributed by atoms with van der Waals surface area (Å²) < 4.78 is 10.8. The molecular formula is C16H20N2O3. The van der Waals surface area contributed by atoms with Crippen molar-refractivity contribution in [2.45, 2.75) is 24.9 Å². The van der Waals surface area contributed by atoms with E-state index in [0.29, 0.717) is 13.2 Å². The molecule has 1 unspecified atom stereocenters. The molecule has 1 atom stereocenters.